The van der Waals surface area contributed by atoms with Crippen molar-refractivity contribution in [2.75, 3.05) is 13.2 Å². The summed E-state index contributed by atoms with van der Waals surface area (Å²) < 4.78 is 0. The van der Waals surface area contributed by atoms with Crippen molar-refractivity contribution in [1.29, 1.82) is 0 Å². The van der Waals surface area contributed by atoms with Gasteiger partial charge < -0.3 is 10.4 Å². The summed E-state index contributed by atoms with van der Waals surface area (Å²) in [5.41, 5.74) is 0. The molecule has 2 rings (SSSR count). The molecule has 3 atom stereocenters. The summed E-state index contributed by atoms with van der Waals surface area (Å²) in [6.07, 6.45) is 5.28. The van der Waals surface area contributed by atoms with E-state index in [0.29, 0.717) is 18.6 Å². The molecule has 1 aliphatic carbocycles. The van der Waals surface area contributed by atoms with Crippen LogP contribution in [-0.4, -0.2) is 24.3 Å². The van der Waals surface area contributed by atoms with Crippen LogP contribution in [0.25, 0.3) is 0 Å². The Morgan fingerprint density at radius 1 is 1.31 bits per heavy atom. The van der Waals surface area contributed by atoms with E-state index in [2.05, 4.69) is 12.2 Å². The molecule has 0 radical (unpaired) electrons. The van der Waals surface area contributed by atoms with Gasteiger partial charge in [0.05, 0.1) is 0 Å². The van der Waals surface area contributed by atoms with Gasteiger partial charge in [-0.05, 0) is 50.0 Å². The Hall–Kier alpha value is -0.0800. The molecule has 0 amide bonds. The van der Waals surface area contributed by atoms with Crippen LogP contribution in [0, 0.1) is 17.8 Å². The van der Waals surface area contributed by atoms with Crippen molar-refractivity contribution in [3.63, 3.8) is 0 Å². The van der Waals surface area contributed by atoms with Crippen molar-refractivity contribution in [2.24, 2.45) is 17.8 Å². The Bertz CT molecular complexity index is 167. The van der Waals surface area contributed by atoms with E-state index in [0.717, 1.165) is 18.3 Å². The smallest absolute Gasteiger partial charge is 0.0474 e. The number of aliphatic hydroxyl groups is 1. The highest BCUT2D eigenvalue weighted by molar-refractivity contribution is 4.91. The van der Waals surface area contributed by atoms with Gasteiger partial charge in [0, 0.05) is 12.6 Å². The molecule has 1 aliphatic heterocycles. The van der Waals surface area contributed by atoms with E-state index in [4.69, 9.17) is 0 Å². The molecule has 2 aliphatic rings. The van der Waals surface area contributed by atoms with Crippen molar-refractivity contribution in [3.05, 3.63) is 0 Å². The minimum atomic E-state index is 0.370. The van der Waals surface area contributed by atoms with E-state index in [1.165, 1.54) is 25.8 Å². The summed E-state index contributed by atoms with van der Waals surface area (Å²) in [5.74, 6) is 2.36. The second kappa shape index (κ2) is 3.97. The zero-order valence-corrected chi connectivity index (χ0v) is 8.50. The Balaban J connectivity index is 1.88. The van der Waals surface area contributed by atoms with E-state index in [1.807, 2.05) is 0 Å². The normalized spacial score (nSPS) is 40.6. The fraction of sp³-hybridized carbons (Fsp3) is 1.00. The zero-order valence-electron chi connectivity index (χ0n) is 8.50. The third-order valence-corrected chi connectivity index (χ3v) is 3.78. The van der Waals surface area contributed by atoms with Crippen molar-refractivity contribution in [3.8, 4) is 0 Å². The average molecular weight is 183 g/mol. The monoisotopic (exact) mass is 183 g/mol. The topological polar surface area (TPSA) is 32.3 Å². The molecule has 1 heterocycles. The lowest BCUT2D eigenvalue weighted by Crippen LogP contribution is -2.46. The quantitative estimate of drug-likeness (QED) is 0.693. The Labute approximate surface area is 80.7 Å². The number of nitrogens with one attached hydrogen (secondary N) is 1. The number of rotatable bonds is 3. The zero-order chi connectivity index (χ0) is 9.26. The van der Waals surface area contributed by atoms with Gasteiger partial charge in [0.25, 0.3) is 0 Å². The first-order valence-corrected chi connectivity index (χ1v) is 5.69. The number of piperidine rings is 1. The summed E-state index contributed by atoms with van der Waals surface area (Å²) in [7, 11) is 0. The van der Waals surface area contributed by atoms with Gasteiger partial charge >= 0.3 is 0 Å². The minimum Gasteiger partial charge on any atom is -0.396 e. The maximum Gasteiger partial charge on any atom is 0.0474 e. The number of hydrogen-bond donors (Lipinski definition) is 2. The van der Waals surface area contributed by atoms with E-state index in [9.17, 15) is 5.11 Å². The summed E-state index contributed by atoms with van der Waals surface area (Å²) in [6, 6.07) is 0.569. The van der Waals surface area contributed by atoms with Gasteiger partial charge in [-0.3, -0.25) is 0 Å². The molecule has 2 fully saturated rings. The fourth-order valence-corrected chi connectivity index (χ4v) is 2.71. The van der Waals surface area contributed by atoms with Gasteiger partial charge in [-0.2, -0.15) is 0 Å². The molecule has 2 nitrogen and oxygen atoms in total. The van der Waals surface area contributed by atoms with Crippen LogP contribution in [0.2, 0.25) is 0 Å². The predicted molar refractivity (Wildman–Crippen MR) is 53.5 cm³/mol. The molecule has 0 aromatic carbocycles. The molecule has 1 saturated carbocycles. The molecule has 76 valence electrons. The van der Waals surface area contributed by atoms with Crippen LogP contribution in [-0.2, 0) is 0 Å². The molecule has 2 N–H and O–H groups in total. The third-order valence-electron chi connectivity index (χ3n) is 3.78. The van der Waals surface area contributed by atoms with Gasteiger partial charge in [-0.25, -0.2) is 0 Å². The van der Waals surface area contributed by atoms with Gasteiger partial charge in [-0.1, -0.05) is 6.92 Å². The average Bonchev–Trinajstić information content (AvgIpc) is 3.00. The molecule has 0 bridgehead atoms. The van der Waals surface area contributed by atoms with E-state index >= 15 is 0 Å². The SMILES string of the molecule is CCC1NCC(C2CC2)CC1CO. The lowest BCUT2D eigenvalue weighted by Gasteiger charge is -2.36. The molecule has 0 aromatic heterocycles. The van der Waals surface area contributed by atoms with Gasteiger partial charge in [-0.15, -0.1) is 0 Å². The molecular weight excluding hydrogens is 162 g/mol. The van der Waals surface area contributed by atoms with Crippen molar-refractivity contribution in [2.45, 2.75) is 38.6 Å². The summed E-state index contributed by atoms with van der Waals surface area (Å²) in [5, 5.41) is 12.9. The summed E-state index contributed by atoms with van der Waals surface area (Å²) >= 11 is 0. The molecule has 0 aromatic rings. The van der Waals surface area contributed by atoms with Gasteiger partial charge in [0.1, 0.15) is 0 Å². The first-order valence-electron chi connectivity index (χ1n) is 5.69. The first kappa shape index (κ1) is 9.47. The van der Waals surface area contributed by atoms with Gasteiger partial charge in [0.15, 0.2) is 0 Å². The number of hydrogen-bond acceptors (Lipinski definition) is 2. The van der Waals surface area contributed by atoms with Crippen molar-refractivity contribution >= 4 is 0 Å². The van der Waals surface area contributed by atoms with Crippen LogP contribution in [0.3, 0.4) is 0 Å². The van der Waals surface area contributed by atoms with Gasteiger partial charge in [0.2, 0.25) is 0 Å². The van der Waals surface area contributed by atoms with E-state index in [-0.39, 0.29) is 0 Å². The largest absolute Gasteiger partial charge is 0.396 e. The van der Waals surface area contributed by atoms with Crippen molar-refractivity contribution in [1.82, 2.24) is 5.32 Å². The second-order valence-electron chi connectivity index (χ2n) is 4.70. The lowest BCUT2D eigenvalue weighted by atomic mass is 9.82. The standard InChI is InChI=1S/C11H21NO/c1-2-11-10(7-13)5-9(6-12-11)8-3-4-8/h8-13H,2-7H2,1H3. The maximum absolute atomic E-state index is 9.27. The summed E-state index contributed by atoms with van der Waals surface area (Å²) in [6.45, 7) is 3.77. The highest BCUT2D eigenvalue weighted by Crippen LogP contribution is 2.41. The van der Waals surface area contributed by atoms with E-state index in [1.54, 1.807) is 0 Å². The van der Waals surface area contributed by atoms with Crippen LogP contribution in [0.5, 0.6) is 0 Å². The molecule has 0 spiro atoms. The maximum atomic E-state index is 9.27. The molecule has 3 unspecified atom stereocenters. The molecular formula is C11H21NO. The first-order chi connectivity index (χ1) is 6.35. The van der Waals surface area contributed by atoms with Crippen molar-refractivity contribution < 1.29 is 5.11 Å². The molecule has 1 saturated heterocycles. The minimum absolute atomic E-state index is 0.370. The Morgan fingerprint density at radius 3 is 2.62 bits per heavy atom. The third kappa shape index (κ3) is 2.05. The summed E-state index contributed by atoms with van der Waals surface area (Å²) in [4.78, 5) is 0. The van der Waals surface area contributed by atoms with Crippen LogP contribution < -0.4 is 5.32 Å². The van der Waals surface area contributed by atoms with Crippen LogP contribution in [0.15, 0.2) is 0 Å². The number of aliphatic hydroxyl groups excluding tert-OH is 1. The second-order valence-corrected chi connectivity index (χ2v) is 4.70. The molecule has 13 heavy (non-hydrogen) atoms. The van der Waals surface area contributed by atoms with E-state index < -0.39 is 0 Å². The lowest BCUT2D eigenvalue weighted by molar-refractivity contribution is 0.122. The highest BCUT2D eigenvalue weighted by atomic mass is 16.3. The predicted octanol–water partition coefficient (Wildman–Crippen LogP) is 1.39. The van der Waals surface area contributed by atoms with Crippen LogP contribution >= 0.6 is 0 Å². The highest BCUT2D eigenvalue weighted by Gasteiger charge is 2.37. The van der Waals surface area contributed by atoms with Crippen LogP contribution in [0.1, 0.15) is 32.6 Å². The molecule has 2 heteroatoms. The van der Waals surface area contributed by atoms with Crippen LogP contribution in [0.4, 0.5) is 0 Å². The Kier molecular flexibility index (Phi) is 2.89. The fourth-order valence-electron chi connectivity index (χ4n) is 2.71. The Morgan fingerprint density at radius 2 is 2.08 bits per heavy atom.